The minimum absolute atomic E-state index is 0.184. The zero-order chi connectivity index (χ0) is 19.3. The highest BCUT2D eigenvalue weighted by Crippen LogP contribution is 2.32. The third-order valence-electron chi connectivity index (χ3n) is 4.18. The minimum atomic E-state index is -5.18. The first-order valence-electron chi connectivity index (χ1n) is 7.90. The summed E-state index contributed by atoms with van der Waals surface area (Å²) in [5, 5.41) is 9.34. The van der Waals surface area contributed by atoms with Crippen LogP contribution in [0.5, 0.6) is 5.75 Å². The van der Waals surface area contributed by atoms with Gasteiger partial charge in [-0.05, 0) is 30.9 Å². The summed E-state index contributed by atoms with van der Waals surface area (Å²) < 4.78 is 45.3. The van der Waals surface area contributed by atoms with Crippen molar-refractivity contribution >= 4 is 17.6 Å². The van der Waals surface area contributed by atoms with E-state index in [1.54, 1.807) is 18.2 Å². The molecular weight excluding hydrogens is 353 g/mol. The molecular formula is C17H17F3N2O4. The highest BCUT2D eigenvalue weighted by atomic mass is 19.4. The molecule has 0 N–H and O–H groups in total. The maximum Gasteiger partial charge on any atom is 0.491 e. The van der Waals surface area contributed by atoms with E-state index < -0.39 is 18.1 Å². The first-order valence-corrected chi connectivity index (χ1v) is 7.90. The molecule has 0 amide bonds. The van der Waals surface area contributed by atoms with Crippen LogP contribution in [-0.2, 0) is 14.3 Å². The van der Waals surface area contributed by atoms with Crippen LogP contribution >= 0.6 is 0 Å². The monoisotopic (exact) mass is 370 g/mol. The Balaban J connectivity index is 1.93. The zero-order valence-electron chi connectivity index (χ0n) is 14.0. The largest absolute Gasteiger partial charge is 0.495 e. The SMILES string of the molecule is COc1cccc(N2CCC(CC(=O)OC(=O)C(F)(F)F)CC2)c1C#N. The Hall–Kier alpha value is -2.76. The van der Waals surface area contributed by atoms with E-state index in [2.05, 4.69) is 10.8 Å². The lowest BCUT2D eigenvalue weighted by Gasteiger charge is -2.33. The fourth-order valence-electron chi connectivity index (χ4n) is 2.88. The number of esters is 2. The van der Waals surface area contributed by atoms with Gasteiger partial charge < -0.3 is 14.4 Å². The molecule has 2 rings (SSSR count). The summed E-state index contributed by atoms with van der Waals surface area (Å²) in [4.78, 5) is 24.1. The number of carbonyl (C=O) groups excluding carboxylic acids is 2. The van der Waals surface area contributed by atoms with Crippen LogP contribution in [0.2, 0.25) is 0 Å². The zero-order valence-corrected chi connectivity index (χ0v) is 14.0. The maximum atomic E-state index is 12.1. The van der Waals surface area contributed by atoms with Crippen LogP contribution in [0.25, 0.3) is 0 Å². The molecule has 1 aliphatic rings. The van der Waals surface area contributed by atoms with Crippen LogP contribution in [0.15, 0.2) is 18.2 Å². The van der Waals surface area contributed by atoms with E-state index in [-0.39, 0.29) is 12.3 Å². The quantitative estimate of drug-likeness (QED) is 0.599. The van der Waals surface area contributed by atoms with Gasteiger partial charge in [-0.3, -0.25) is 4.79 Å². The predicted molar refractivity (Wildman–Crippen MR) is 84.4 cm³/mol. The summed E-state index contributed by atoms with van der Waals surface area (Å²) in [5.74, 6) is -3.39. The van der Waals surface area contributed by atoms with Gasteiger partial charge >= 0.3 is 18.1 Å². The van der Waals surface area contributed by atoms with Gasteiger partial charge in [0, 0.05) is 19.5 Å². The number of hydrogen-bond acceptors (Lipinski definition) is 6. The third-order valence-corrected chi connectivity index (χ3v) is 4.18. The summed E-state index contributed by atoms with van der Waals surface area (Å²) >= 11 is 0. The van der Waals surface area contributed by atoms with E-state index in [4.69, 9.17) is 4.74 Å². The highest BCUT2D eigenvalue weighted by molar-refractivity contribution is 5.88. The molecule has 0 aromatic heterocycles. The lowest BCUT2D eigenvalue weighted by molar-refractivity contribution is -0.202. The average Bonchev–Trinajstić information content (AvgIpc) is 2.60. The summed E-state index contributed by atoms with van der Waals surface area (Å²) in [7, 11) is 1.47. The van der Waals surface area contributed by atoms with E-state index in [0.717, 1.165) is 0 Å². The molecule has 0 aliphatic carbocycles. The molecule has 1 saturated heterocycles. The lowest BCUT2D eigenvalue weighted by Crippen LogP contribution is -2.35. The maximum absolute atomic E-state index is 12.1. The Labute approximate surface area is 148 Å². The van der Waals surface area contributed by atoms with Crippen molar-refractivity contribution in [2.45, 2.75) is 25.4 Å². The number of anilines is 1. The molecule has 1 aliphatic heterocycles. The third kappa shape index (κ3) is 4.65. The fourth-order valence-corrected chi connectivity index (χ4v) is 2.88. The van der Waals surface area contributed by atoms with Gasteiger partial charge in [-0.1, -0.05) is 6.07 Å². The summed E-state index contributed by atoms with van der Waals surface area (Å²) in [6, 6.07) is 7.34. The molecule has 6 nitrogen and oxygen atoms in total. The van der Waals surface area contributed by atoms with Crippen molar-refractivity contribution in [3.63, 3.8) is 0 Å². The number of rotatable bonds is 4. The highest BCUT2D eigenvalue weighted by Gasteiger charge is 2.42. The van der Waals surface area contributed by atoms with E-state index in [1.165, 1.54) is 7.11 Å². The van der Waals surface area contributed by atoms with Crippen molar-refractivity contribution in [3.05, 3.63) is 23.8 Å². The van der Waals surface area contributed by atoms with Crippen molar-refractivity contribution in [3.8, 4) is 11.8 Å². The average molecular weight is 370 g/mol. The standard InChI is InChI=1S/C17H17F3N2O4/c1-25-14-4-2-3-13(12(14)10-21)22-7-5-11(6-8-22)9-15(23)26-16(24)17(18,19)20/h2-4,11H,5-9H2,1H3. The van der Waals surface area contributed by atoms with Gasteiger partial charge in [-0.15, -0.1) is 0 Å². The predicted octanol–water partition coefficient (Wildman–Crippen LogP) is 2.81. The van der Waals surface area contributed by atoms with Gasteiger partial charge in [0.05, 0.1) is 12.8 Å². The van der Waals surface area contributed by atoms with Gasteiger partial charge in [0.15, 0.2) is 0 Å². The van der Waals surface area contributed by atoms with Crippen LogP contribution < -0.4 is 9.64 Å². The lowest BCUT2D eigenvalue weighted by atomic mass is 9.93. The Morgan fingerprint density at radius 2 is 1.96 bits per heavy atom. The molecule has 0 atom stereocenters. The fraction of sp³-hybridized carbons (Fsp3) is 0.471. The Morgan fingerprint density at radius 1 is 1.31 bits per heavy atom. The molecule has 0 unspecified atom stereocenters. The normalized spacial score (nSPS) is 15.3. The number of benzene rings is 1. The minimum Gasteiger partial charge on any atom is -0.495 e. The van der Waals surface area contributed by atoms with Crippen LogP contribution in [0.4, 0.5) is 18.9 Å². The number of halogens is 3. The molecule has 1 aromatic carbocycles. The molecule has 1 aromatic rings. The van der Waals surface area contributed by atoms with Crippen LogP contribution in [0.3, 0.4) is 0 Å². The molecule has 0 radical (unpaired) electrons. The smallest absolute Gasteiger partial charge is 0.491 e. The number of nitriles is 1. The first kappa shape index (κ1) is 19.6. The first-order chi connectivity index (χ1) is 12.3. The van der Waals surface area contributed by atoms with Crippen molar-refractivity contribution in [1.29, 1.82) is 5.26 Å². The number of carbonyl (C=O) groups is 2. The van der Waals surface area contributed by atoms with Gasteiger partial charge in [-0.25, -0.2) is 4.79 Å². The number of nitrogens with zero attached hydrogens (tertiary/aromatic N) is 2. The van der Waals surface area contributed by atoms with Crippen molar-refractivity contribution < 1.29 is 32.2 Å². The summed E-state index contributed by atoms with van der Waals surface area (Å²) in [5.41, 5.74) is 1.11. The van der Waals surface area contributed by atoms with Crippen LogP contribution in [0, 0.1) is 17.2 Å². The Kier molecular flexibility index (Phi) is 6.08. The van der Waals surface area contributed by atoms with Gasteiger partial charge in [0.1, 0.15) is 17.4 Å². The summed E-state index contributed by atoms with van der Waals surface area (Å²) in [6.07, 6.45) is -4.38. The van der Waals surface area contributed by atoms with Gasteiger partial charge in [0.25, 0.3) is 0 Å². The molecule has 26 heavy (non-hydrogen) atoms. The Bertz CT molecular complexity index is 720. The van der Waals surface area contributed by atoms with Crippen molar-refractivity contribution in [1.82, 2.24) is 0 Å². The van der Waals surface area contributed by atoms with E-state index in [9.17, 15) is 28.0 Å². The molecule has 140 valence electrons. The van der Waals surface area contributed by atoms with Gasteiger partial charge in [0.2, 0.25) is 0 Å². The number of alkyl halides is 3. The molecule has 0 spiro atoms. The van der Waals surface area contributed by atoms with Crippen molar-refractivity contribution in [2.24, 2.45) is 5.92 Å². The second-order valence-electron chi connectivity index (χ2n) is 5.86. The number of hydrogen-bond donors (Lipinski definition) is 0. The second-order valence-corrected chi connectivity index (χ2v) is 5.86. The van der Waals surface area contributed by atoms with E-state index in [1.807, 2.05) is 4.90 Å². The molecule has 0 saturated carbocycles. The van der Waals surface area contributed by atoms with Crippen molar-refractivity contribution in [2.75, 3.05) is 25.1 Å². The number of piperidine rings is 1. The molecule has 9 heteroatoms. The molecule has 1 fully saturated rings. The van der Waals surface area contributed by atoms with Crippen LogP contribution in [0.1, 0.15) is 24.8 Å². The second kappa shape index (κ2) is 8.08. The Morgan fingerprint density at radius 3 is 2.50 bits per heavy atom. The molecule has 1 heterocycles. The summed E-state index contributed by atoms with van der Waals surface area (Å²) in [6.45, 7) is 1.04. The molecule has 0 bridgehead atoms. The van der Waals surface area contributed by atoms with E-state index >= 15 is 0 Å². The topological polar surface area (TPSA) is 79.6 Å². The number of methoxy groups -OCH3 is 1. The number of ether oxygens (including phenoxy) is 2. The van der Waals surface area contributed by atoms with Crippen LogP contribution in [-0.4, -0.2) is 38.3 Å². The van der Waals surface area contributed by atoms with E-state index in [0.29, 0.717) is 42.9 Å². The van der Waals surface area contributed by atoms with Gasteiger partial charge in [-0.2, -0.15) is 18.4 Å².